The van der Waals surface area contributed by atoms with Crippen molar-refractivity contribution in [3.05, 3.63) is 87.9 Å². The zero-order chi connectivity index (χ0) is 22.7. The SMILES string of the molecule is COc1ccc(NC(=O)CSc2nc3ccccc3c(=O)n2-c2ccc(F)cc2)cc1Cl. The Bertz CT molecular complexity index is 1360. The Morgan fingerprint density at radius 2 is 1.91 bits per heavy atom. The molecule has 0 spiro atoms. The van der Waals surface area contributed by atoms with E-state index in [2.05, 4.69) is 10.3 Å². The van der Waals surface area contributed by atoms with Gasteiger partial charge in [-0.1, -0.05) is 35.5 Å². The number of para-hydroxylation sites is 1. The van der Waals surface area contributed by atoms with Gasteiger partial charge in [0.25, 0.3) is 5.56 Å². The van der Waals surface area contributed by atoms with Crippen molar-refractivity contribution in [2.24, 2.45) is 0 Å². The molecule has 0 fully saturated rings. The van der Waals surface area contributed by atoms with Crippen molar-refractivity contribution < 1.29 is 13.9 Å². The molecule has 1 N–H and O–H groups in total. The van der Waals surface area contributed by atoms with Gasteiger partial charge in [-0.3, -0.25) is 14.2 Å². The van der Waals surface area contributed by atoms with Crippen molar-refractivity contribution in [3.8, 4) is 11.4 Å². The fraction of sp³-hybridized carbons (Fsp3) is 0.0870. The molecule has 32 heavy (non-hydrogen) atoms. The molecule has 0 unspecified atom stereocenters. The van der Waals surface area contributed by atoms with Crippen LogP contribution in [0.5, 0.6) is 5.75 Å². The van der Waals surface area contributed by atoms with Crippen molar-refractivity contribution >= 4 is 45.9 Å². The zero-order valence-corrected chi connectivity index (χ0v) is 18.4. The molecule has 162 valence electrons. The van der Waals surface area contributed by atoms with Gasteiger partial charge < -0.3 is 10.1 Å². The number of ether oxygens (including phenoxy) is 1. The van der Waals surface area contributed by atoms with Crippen LogP contribution in [0, 0.1) is 5.82 Å². The topological polar surface area (TPSA) is 73.2 Å². The third-order valence-electron chi connectivity index (χ3n) is 4.60. The molecule has 6 nitrogen and oxygen atoms in total. The molecule has 0 aliphatic carbocycles. The molecule has 4 rings (SSSR count). The van der Waals surface area contributed by atoms with Crippen LogP contribution in [0.3, 0.4) is 0 Å². The lowest BCUT2D eigenvalue weighted by Gasteiger charge is -2.13. The first kappa shape index (κ1) is 21.9. The largest absolute Gasteiger partial charge is 0.495 e. The van der Waals surface area contributed by atoms with Gasteiger partial charge in [0.15, 0.2) is 5.16 Å². The number of thioether (sulfide) groups is 1. The number of carbonyl (C=O) groups is 1. The van der Waals surface area contributed by atoms with Crippen LogP contribution >= 0.6 is 23.4 Å². The van der Waals surface area contributed by atoms with E-state index in [4.69, 9.17) is 16.3 Å². The Kier molecular flexibility index (Phi) is 6.43. The Hall–Kier alpha value is -3.36. The smallest absolute Gasteiger partial charge is 0.266 e. The van der Waals surface area contributed by atoms with Crippen LogP contribution in [0.2, 0.25) is 5.02 Å². The highest BCUT2D eigenvalue weighted by Crippen LogP contribution is 2.27. The molecule has 9 heteroatoms. The van der Waals surface area contributed by atoms with Crippen molar-refractivity contribution in [2.75, 3.05) is 18.2 Å². The fourth-order valence-corrected chi connectivity index (χ4v) is 4.17. The van der Waals surface area contributed by atoms with E-state index in [0.717, 1.165) is 11.8 Å². The van der Waals surface area contributed by atoms with Crippen molar-refractivity contribution in [1.82, 2.24) is 9.55 Å². The summed E-state index contributed by atoms with van der Waals surface area (Å²) in [5, 5.41) is 3.88. The molecule has 0 aliphatic rings. The van der Waals surface area contributed by atoms with Gasteiger partial charge in [-0.05, 0) is 54.6 Å². The Balaban J connectivity index is 1.62. The lowest BCUT2D eigenvalue weighted by atomic mass is 10.2. The highest BCUT2D eigenvalue weighted by Gasteiger charge is 2.15. The van der Waals surface area contributed by atoms with Crippen LogP contribution < -0.4 is 15.6 Å². The molecule has 0 radical (unpaired) electrons. The Morgan fingerprint density at radius 3 is 2.62 bits per heavy atom. The summed E-state index contributed by atoms with van der Waals surface area (Å²) in [7, 11) is 1.51. The first-order valence-electron chi connectivity index (χ1n) is 9.50. The lowest BCUT2D eigenvalue weighted by molar-refractivity contribution is -0.113. The standard InChI is InChI=1S/C23H17ClFN3O3S/c1-31-20-11-8-15(12-18(20)24)26-21(29)13-32-23-27-19-5-3-2-4-17(19)22(30)28(23)16-9-6-14(25)7-10-16/h2-12H,13H2,1H3,(H,26,29). The summed E-state index contributed by atoms with van der Waals surface area (Å²) in [5.41, 5.74) is 1.19. The molecule has 0 atom stereocenters. The third kappa shape index (κ3) is 4.61. The van der Waals surface area contributed by atoms with Gasteiger partial charge in [0, 0.05) is 5.69 Å². The van der Waals surface area contributed by atoms with Crippen LogP contribution in [-0.4, -0.2) is 28.3 Å². The third-order valence-corrected chi connectivity index (χ3v) is 5.83. The summed E-state index contributed by atoms with van der Waals surface area (Å²) in [6, 6.07) is 17.4. The van der Waals surface area contributed by atoms with Crippen LogP contribution in [0.15, 0.2) is 76.7 Å². The molecular formula is C23H17ClFN3O3S. The van der Waals surface area contributed by atoms with Gasteiger partial charge in [0.2, 0.25) is 5.91 Å². The number of nitrogens with one attached hydrogen (secondary N) is 1. The predicted molar refractivity (Wildman–Crippen MR) is 125 cm³/mol. The first-order valence-corrected chi connectivity index (χ1v) is 10.9. The second-order valence-corrected chi connectivity index (χ2v) is 8.06. The first-order chi connectivity index (χ1) is 15.5. The summed E-state index contributed by atoms with van der Waals surface area (Å²) < 4.78 is 19.9. The summed E-state index contributed by atoms with van der Waals surface area (Å²) in [4.78, 5) is 30.2. The normalized spacial score (nSPS) is 10.8. The van der Waals surface area contributed by atoms with E-state index in [1.54, 1.807) is 42.5 Å². The van der Waals surface area contributed by atoms with Crippen LogP contribution in [0.1, 0.15) is 0 Å². The van der Waals surface area contributed by atoms with Gasteiger partial charge in [0.1, 0.15) is 11.6 Å². The number of carbonyl (C=O) groups excluding carboxylic acids is 1. The summed E-state index contributed by atoms with van der Waals surface area (Å²) in [6.45, 7) is 0. The maximum absolute atomic E-state index is 13.4. The second kappa shape index (κ2) is 9.42. The van der Waals surface area contributed by atoms with Gasteiger partial charge in [-0.25, -0.2) is 9.37 Å². The summed E-state index contributed by atoms with van der Waals surface area (Å²) >= 11 is 7.20. The van der Waals surface area contributed by atoms with Gasteiger partial charge in [0.05, 0.1) is 34.5 Å². The number of hydrogen-bond acceptors (Lipinski definition) is 5. The lowest BCUT2D eigenvalue weighted by Crippen LogP contribution is -2.23. The molecule has 3 aromatic carbocycles. The predicted octanol–water partition coefficient (Wildman–Crippen LogP) is 4.92. The minimum atomic E-state index is -0.415. The van der Waals surface area contributed by atoms with Crippen LogP contribution in [-0.2, 0) is 4.79 Å². The maximum Gasteiger partial charge on any atom is 0.266 e. The van der Waals surface area contributed by atoms with Crippen molar-refractivity contribution in [2.45, 2.75) is 5.16 Å². The number of nitrogens with zero attached hydrogens (tertiary/aromatic N) is 2. The Labute approximate surface area is 192 Å². The Morgan fingerprint density at radius 1 is 1.16 bits per heavy atom. The maximum atomic E-state index is 13.4. The van der Waals surface area contributed by atoms with E-state index in [0.29, 0.717) is 38.2 Å². The molecule has 0 saturated heterocycles. The molecule has 0 bridgehead atoms. The molecule has 1 amide bonds. The van der Waals surface area contributed by atoms with E-state index < -0.39 is 5.82 Å². The van der Waals surface area contributed by atoms with Gasteiger partial charge in [-0.15, -0.1) is 0 Å². The minimum Gasteiger partial charge on any atom is -0.495 e. The number of halogens is 2. The average molecular weight is 470 g/mol. The zero-order valence-electron chi connectivity index (χ0n) is 16.8. The number of amides is 1. The van der Waals surface area contributed by atoms with E-state index in [1.165, 1.54) is 35.9 Å². The number of anilines is 1. The summed E-state index contributed by atoms with van der Waals surface area (Å²) in [5.74, 6) is -0.218. The molecule has 1 heterocycles. The number of methoxy groups -OCH3 is 1. The number of aromatic nitrogens is 2. The van der Waals surface area contributed by atoms with Crippen LogP contribution in [0.4, 0.5) is 10.1 Å². The number of hydrogen-bond donors (Lipinski definition) is 1. The second-order valence-electron chi connectivity index (χ2n) is 6.71. The van der Waals surface area contributed by atoms with Gasteiger partial charge in [-0.2, -0.15) is 0 Å². The highest BCUT2D eigenvalue weighted by atomic mass is 35.5. The quantitative estimate of drug-likeness (QED) is 0.320. The molecule has 4 aromatic rings. The van der Waals surface area contributed by atoms with E-state index in [9.17, 15) is 14.0 Å². The van der Waals surface area contributed by atoms with Gasteiger partial charge >= 0.3 is 0 Å². The van der Waals surface area contributed by atoms with Crippen molar-refractivity contribution in [1.29, 1.82) is 0 Å². The fourth-order valence-electron chi connectivity index (χ4n) is 3.10. The summed E-state index contributed by atoms with van der Waals surface area (Å²) in [6.07, 6.45) is 0. The van der Waals surface area contributed by atoms with Crippen molar-refractivity contribution in [3.63, 3.8) is 0 Å². The van der Waals surface area contributed by atoms with E-state index >= 15 is 0 Å². The number of benzene rings is 3. The minimum absolute atomic E-state index is 0.00434. The molecular weight excluding hydrogens is 453 g/mol. The average Bonchev–Trinajstić information content (AvgIpc) is 2.79. The van der Waals surface area contributed by atoms with E-state index in [-0.39, 0.29) is 17.2 Å². The van der Waals surface area contributed by atoms with Crippen LogP contribution in [0.25, 0.3) is 16.6 Å². The molecule has 0 aliphatic heterocycles. The molecule has 0 saturated carbocycles. The molecule has 1 aromatic heterocycles. The van der Waals surface area contributed by atoms with E-state index in [1.807, 2.05) is 0 Å². The highest BCUT2D eigenvalue weighted by molar-refractivity contribution is 7.99. The number of rotatable bonds is 6. The monoisotopic (exact) mass is 469 g/mol. The number of fused-ring (bicyclic) bond motifs is 1.